The number of hydrogen-bond acceptors (Lipinski definition) is 0. The zero-order valence-electron chi connectivity index (χ0n) is 5.23. The second-order valence-corrected chi connectivity index (χ2v) is 1.53. The molecule has 0 aliphatic rings. The van der Waals surface area contributed by atoms with Gasteiger partial charge in [-0.25, -0.2) is 0 Å². The van der Waals surface area contributed by atoms with Crippen molar-refractivity contribution < 1.29 is 0 Å². The lowest BCUT2D eigenvalue weighted by Crippen LogP contribution is -1.68. The van der Waals surface area contributed by atoms with Crippen LogP contribution in [-0.4, -0.2) is 7.85 Å². The minimum atomic E-state index is 1.32. The van der Waals surface area contributed by atoms with Crippen molar-refractivity contribution in [3.63, 3.8) is 0 Å². The lowest BCUT2D eigenvalue weighted by molar-refractivity contribution is 1.65. The molecule has 0 aromatic rings. The topological polar surface area (TPSA) is 0 Å². The molecule has 0 unspecified atom stereocenters. The molecule has 1 heteroatoms. The van der Waals surface area contributed by atoms with Crippen molar-refractivity contribution in [2.24, 2.45) is 0 Å². The molecule has 0 spiro atoms. The Bertz CT molecular complexity index is 90.4. The maximum atomic E-state index is 2.08. The van der Waals surface area contributed by atoms with Gasteiger partial charge < -0.3 is 0 Å². The third-order valence-electron chi connectivity index (χ3n) is 0.885. The van der Waals surface area contributed by atoms with E-state index in [0.29, 0.717) is 0 Å². The van der Waals surface area contributed by atoms with Crippen LogP contribution in [0.5, 0.6) is 0 Å². The van der Waals surface area contributed by atoms with Crippen LogP contribution in [-0.2, 0) is 0 Å². The smallest absolute Gasteiger partial charge is 0.0940 e. The van der Waals surface area contributed by atoms with Gasteiger partial charge in [0.15, 0.2) is 0 Å². The molecular weight excluding hydrogens is 82.9 g/mol. The molecule has 38 valence electrons. The molecule has 0 saturated heterocycles. The Morgan fingerprint density at radius 1 is 1.43 bits per heavy atom. The van der Waals surface area contributed by atoms with Crippen LogP contribution < -0.4 is 0 Å². The first-order valence-electron chi connectivity index (χ1n) is 2.57. The van der Waals surface area contributed by atoms with Gasteiger partial charge in [-0.2, -0.15) is 0 Å². The molecule has 0 saturated carbocycles. The highest BCUT2D eigenvalue weighted by Gasteiger charge is 1.70. The minimum Gasteiger partial charge on any atom is -0.0940 e. The second kappa shape index (κ2) is 3.73. The molecule has 0 nitrogen and oxygen atoms in total. The highest BCUT2D eigenvalue weighted by Crippen LogP contribution is 1.86. The van der Waals surface area contributed by atoms with Gasteiger partial charge in [-0.1, -0.05) is 23.7 Å². The van der Waals surface area contributed by atoms with E-state index in [4.69, 9.17) is 0 Å². The van der Waals surface area contributed by atoms with Gasteiger partial charge in [0, 0.05) is 0 Å². The van der Waals surface area contributed by atoms with E-state index in [-0.39, 0.29) is 0 Å². The van der Waals surface area contributed by atoms with Crippen molar-refractivity contribution in [2.75, 3.05) is 0 Å². The van der Waals surface area contributed by atoms with Crippen LogP contribution in [0.3, 0.4) is 0 Å². The van der Waals surface area contributed by atoms with Gasteiger partial charge in [0.05, 0.1) is 0 Å². The van der Waals surface area contributed by atoms with Crippen LogP contribution in [0.2, 0.25) is 0 Å². The normalized spacial score (nSPS) is 13.1. The summed E-state index contributed by atoms with van der Waals surface area (Å²) in [5, 5.41) is 0. The van der Waals surface area contributed by atoms with E-state index in [1.54, 1.807) is 0 Å². The summed E-state index contributed by atoms with van der Waals surface area (Å²) in [4.78, 5) is 0. The monoisotopic (exact) mass is 94.1 g/mol. The van der Waals surface area contributed by atoms with Crippen LogP contribution in [0.25, 0.3) is 0 Å². The van der Waals surface area contributed by atoms with E-state index >= 15 is 0 Å². The summed E-state index contributed by atoms with van der Waals surface area (Å²) in [6.45, 7) is 4.06. The molecule has 0 N–H and O–H groups in total. The van der Waals surface area contributed by atoms with Crippen LogP contribution in [0.1, 0.15) is 13.8 Å². The van der Waals surface area contributed by atoms with Crippen molar-refractivity contribution >= 4 is 7.85 Å². The third-order valence-corrected chi connectivity index (χ3v) is 0.885. The minimum absolute atomic E-state index is 1.32. The van der Waals surface area contributed by atoms with E-state index < -0.39 is 0 Å². The molecule has 0 bridgehead atoms. The molecule has 0 fully saturated rings. The van der Waals surface area contributed by atoms with E-state index in [9.17, 15) is 0 Å². The molecule has 0 atom stereocenters. The van der Waals surface area contributed by atoms with Crippen molar-refractivity contribution in [3.8, 4) is 0 Å². The number of rotatable bonds is 1. The largest absolute Gasteiger partial charge is 0.138 e. The van der Waals surface area contributed by atoms with Crippen LogP contribution in [0.15, 0.2) is 23.7 Å². The van der Waals surface area contributed by atoms with E-state index in [1.807, 2.05) is 19.9 Å². The summed E-state index contributed by atoms with van der Waals surface area (Å²) in [6.07, 6.45) is 6.20. The SMILES string of the molecule is BC(/C=C\C)=C/C. The maximum Gasteiger partial charge on any atom is 0.138 e. The average molecular weight is 94.0 g/mol. The fourth-order valence-corrected chi connectivity index (χ4v) is 0.359. The molecular formula is C6H11B. The first-order valence-corrected chi connectivity index (χ1v) is 2.57. The zero-order chi connectivity index (χ0) is 5.70. The van der Waals surface area contributed by atoms with Gasteiger partial charge in [0.25, 0.3) is 0 Å². The first kappa shape index (κ1) is 6.54. The molecule has 7 heavy (non-hydrogen) atoms. The Hall–Kier alpha value is -0.455. The molecule has 0 aliphatic heterocycles. The van der Waals surface area contributed by atoms with Gasteiger partial charge in [-0.05, 0) is 13.8 Å². The molecule has 0 heterocycles. The second-order valence-electron chi connectivity index (χ2n) is 1.53. The summed E-state index contributed by atoms with van der Waals surface area (Å²) >= 11 is 0. The standard InChI is InChI=1S/C6H11B/c1-3-5-6(7)4-2/h3-5H,7H2,1-2H3/b5-3-,6-4+. The summed E-state index contributed by atoms with van der Waals surface area (Å²) in [6, 6.07) is 0. The highest BCUT2D eigenvalue weighted by molar-refractivity contribution is 6.23. The Morgan fingerprint density at radius 2 is 2.00 bits per heavy atom. The van der Waals surface area contributed by atoms with Crippen molar-refractivity contribution in [2.45, 2.75) is 13.8 Å². The van der Waals surface area contributed by atoms with Crippen LogP contribution in [0.4, 0.5) is 0 Å². The van der Waals surface area contributed by atoms with E-state index in [1.165, 1.54) is 5.47 Å². The molecule has 0 amide bonds. The van der Waals surface area contributed by atoms with Gasteiger partial charge in [-0.3, -0.25) is 0 Å². The lowest BCUT2D eigenvalue weighted by atomic mass is 9.95. The van der Waals surface area contributed by atoms with Crippen LogP contribution in [0, 0.1) is 0 Å². The summed E-state index contributed by atoms with van der Waals surface area (Å²) in [7, 11) is 2.08. The predicted octanol–water partition coefficient (Wildman–Crippen LogP) is 1.10. The zero-order valence-corrected chi connectivity index (χ0v) is 5.23. The lowest BCUT2D eigenvalue weighted by Gasteiger charge is -1.81. The van der Waals surface area contributed by atoms with Crippen molar-refractivity contribution in [1.82, 2.24) is 0 Å². The van der Waals surface area contributed by atoms with Gasteiger partial charge in [0.1, 0.15) is 7.85 Å². The third kappa shape index (κ3) is 3.37. The average Bonchev–Trinajstić information content (AvgIpc) is 1.68. The summed E-state index contributed by atoms with van der Waals surface area (Å²) < 4.78 is 0. The summed E-state index contributed by atoms with van der Waals surface area (Å²) in [5.41, 5.74) is 1.32. The number of allylic oxidation sites excluding steroid dienone is 4. The van der Waals surface area contributed by atoms with Crippen molar-refractivity contribution in [1.29, 1.82) is 0 Å². The van der Waals surface area contributed by atoms with Crippen molar-refractivity contribution in [3.05, 3.63) is 23.7 Å². The van der Waals surface area contributed by atoms with E-state index in [2.05, 4.69) is 20.0 Å². The summed E-state index contributed by atoms with van der Waals surface area (Å²) in [5.74, 6) is 0. The quantitative estimate of drug-likeness (QED) is 0.337. The van der Waals surface area contributed by atoms with E-state index in [0.717, 1.165) is 0 Å². The van der Waals surface area contributed by atoms with Gasteiger partial charge in [0.2, 0.25) is 0 Å². The van der Waals surface area contributed by atoms with Gasteiger partial charge >= 0.3 is 0 Å². The predicted molar refractivity (Wildman–Crippen MR) is 37.1 cm³/mol. The number of hydrogen-bond donors (Lipinski definition) is 0. The molecule has 0 rings (SSSR count). The molecule has 0 aromatic carbocycles. The fraction of sp³-hybridized carbons (Fsp3) is 0.333. The Morgan fingerprint density at radius 3 is 2.14 bits per heavy atom. The van der Waals surface area contributed by atoms with Crippen LogP contribution >= 0.6 is 0 Å². The van der Waals surface area contributed by atoms with Gasteiger partial charge in [-0.15, -0.1) is 0 Å². The Balaban J connectivity index is 3.58. The Labute approximate surface area is 46.3 Å². The Kier molecular flexibility index (Phi) is 3.48. The molecule has 0 aliphatic carbocycles. The molecule has 0 aromatic heterocycles. The maximum absolute atomic E-state index is 2.08. The highest BCUT2D eigenvalue weighted by atomic mass is 13.7. The molecule has 0 radical (unpaired) electrons. The first-order chi connectivity index (χ1) is 3.31. The fourth-order valence-electron chi connectivity index (χ4n) is 0.359.